The average molecular weight is 446 g/mol. The largest absolute Gasteiger partial charge is 0.398 e. The van der Waals surface area contributed by atoms with E-state index in [1.165, 1.54) is 11.9 Å². The molecule has 0 saturated heterocycles. The fraction of sp³-hybridized carbons (Fsp3) is 0.263. The van der Waals surface area contributed by atoms with Gasteiger partial charge in [-0.2, -0.15) is 13.2 Å². The summed E-state index contributed by atoms with van der Waals surface area (Å²) < 4.78 is 37.3. The van der Waals surface area contributed by atoms with Crippen molar-refractivity contribution in [1.29, 1.82) is 0 Å². The van der Waals surface area contributed by atoms with Gasteiger partial charge in [0.25, 0.3) is 0 Å². The minimum absolute atomic E-state index is 0.167. The molecule has 0 aliphatic carbocycles. The Morgan fingerprint density at radius 1 is 1.07 bits per heavy atom. The van der Waals surface area contributed by atoms with Gasteiger partial charge in [-0.25, -0.2) is 0 Å². The van der Waals surface area contributed by atoms with E-state index < -0.39 is 23.7 Å². The molecule has 5 nitrogen and oxygen atoms in total. The zero-order valence-electron chi connectivity index (χ0n) is 15.4. The Morgan fingerprint density at radius 3 is 2.34 bits per heavy atom. The third kappa shape index (κ3) is 7.86. The van der Waals surface area contributed by atoms with E-state index in [9.17, 15) is 22.8 Å². The van der Waals surface area contributed by atoms with Crippen molar-refractivity contribution >= 4 is 46.6 Å². The molecule has 2 aromatic carbocycles. The Balaban J connectivity index is 1.87. The summed E-state index contributed by atoms with van der Waals surface area (Å²) >= 11 is 6.61. The molecule has 0 aliphatic rings. The number of para-hydroxylation sites is 2. The monoisotopic (exact) mass is 445 g/mol. The van der Waals surface area contributed by atoms with E-state index in [4.69, 9.17) is 11.6 Å². The maximum atomic E-state index is 12.4. The van der Waals surface area contributed by atoms with Crippen molar-refractivity contribution in [3.8, 4) is 0 Å². The first-order chi connectivity index (χ1) is 13.7. The summed E-state index contributed by atoms with van der Waals surface area (Å²) in [4.78, 5) is 26.0. The van der Waals surface area contributed by atoms with Crippen LogP contribution in [-0.4, -0.2) is 48.8 Å². The van der Waals surface area contributed by atoms with Crippen LogP contribution in [-0.2, 0) is 9.59 Å². The van der Waals surface area contributed by atoms with E-state index in [1.807, 2.05) is 0 Å². The van der Waals surface area contributed by atoms with Gasteiger partial charge in [0.05, 0.1) is 29.6 Å². The van der Waals surface area contributed by atoms with Crippen LogP contribution in [0, 0.1) is 0 Å². The minimum Gasteiger partial charge on any atom is -0.375 e. The number of rotatable bonds is 8. The maximum Gasteiger partial charge on any atom is 0.398 e. The molecule has 2 aromatic rings. The molecule has 0 fully saturated rings. The van der Waals surface area contributed by atoms with Crippen LogP contribution in [0.1, 0.15) is 0 Å². The van der Waals surface area contributed by atoms with Crippen molar-refractivity contribution in [3.05, 3.63) is 53.6 Å². The SMILES string of the molecule is CN(CC(=O)Nc1ccccc1Cl)C(=O)CNc1ccccc1SCC(F)(F)F. The zero-order valence-corrected chi connectivity index (χ0v) is 17.0. The number of thioether (sulfide) groups is 1. The standard InChI is InChI=1S/C19H19ClF3N3O2S/c1-26(11-17(27)25-14-7-3-2-6-13(14)20)18(28)10-24-15-8-4-5-9-16(15)29-12-19(21,22)23/h2-9,24H,10-12H2,1H3,(H,25,27). The van der Waals surface area contributed by atoms with Crippen LogP contribution >= 0.6 is 23.4 Å². The summed E-state index contributed by atoms with van der Waals surface area (Å²) in [5.41, 5.74) is 0.859. The molecule has 2 N–H and O–H groups in total. The summed E-state index contributed by atoms with van der Waals surface area (Å²) in [6.45, 7) is -0.365. The molecular weight excluding hydrogens is 427 g/mol. The summed E-state index contributed by atoms with van der Waals surface area (Å²) in [6, 6.07) is 13.1. The van der Waals surface area contributed by atoms with Crippen molar-refractivity contribution in [2.75, 3.05) is 36.5 Å². The Kier molecular flexibility index (Phi) is 8.21. The second-order valence-corrected chi connectivity index (χ2v) is 7.46. The lowest BCUT2D eigenvalue weighted by Gasteiger charge is -2.18. The van der Waals surface area contributed by atoms with E-state index in [0.717, 1.165) is 0 Å². The van der Waals surface area contributed by atoms with E-state index in [-0.39, 0.29) is 13.1 Å². The normalized spacial score (nSPS) is 11.1. The third-order valence-corrected chi connectivity index (χ3v) is 5.13. The second kappa shape index (κ2) is 10.4. The van der Waals surface area contributed by atoms with E-state index in [1.54, 1.807) is 48.5 Å². The average Bonchev–Trinajstić information content (AvgIpc) is 2.66. The Bertz CT molecular complexity index is 865. The zero-order chi connectivity index (χ0) is 21.4. The smallest absolute Gasteiger partial charge is 0.375 e. The summed E-state index contributed by atoms with van der Waals surface area (Å²) in [5.74, 6) is -1.84. The number of benzene rings is 2. The minimum atomic E-state index is -4.29. The molecule has 2 amide bonds. The molecule has 0 radical (unpaired) electrons. The lowest BCUT2D eigenvalue weighted by Crippen LogP contribution is -2.38. The maximum absolute atomic E-state index is 12.4. The first-order valence-corrected chi connectivity index (χ1v) is 9.83. The van der Waals surface area contributed by atoms with Crippen molar-refractivity contribution in [1.82, 2.24) is 4.90 Å². The molecule has 29 heavy (non-hydrogen) atoms. The van der Waals surface area contributed by atoms with Crippen molar-refractivity contribution in [2.24, 2.45) is 0 Å². The molecule has 0 heterocycles. The van der Waals surface area contributed by atoms with Crippen LogP contribution in [0.25, 0.3) is 0 Å². The highest BCUT2D eigenvalue weighted by Crippen LogP contribution is 2.32. The topological polar surface area (TPSA) is 61.4 Å². The van der Waals surface area contributed by atoms with Gasteiger partial charge in [0, 0.05) is 17.6 Å². The number of hydrogen-bond acceptors (Lipinski definition) is 4. The Hall–Kier alpha value is -2.39. The van der Waals surface area contributed by atoms with Crippen molar-refractivity contribution < 1.29 is 22.8 Å². The first-order valence-electron chi connectivity index (χ1n) is 8.46. The molecule has 10 heteroatoms. The second-order valence-electron chi connectivity index (χ2n) is 6.03. The molecule has 0 unspecified atom stereocenters. The highest BCUT2D eigenvalue weighted by molar-refractivity contribution is 7.99. The number of halogens is 4. The number of nitrogens with one attached hydrogen (secondary N) is 2. The van der Waals surface area contributed by atoms with Gasteiger partial charge < -0.3 is 15.5 Å². The van der Waals surface area contributed by atoms with Crippen molar-refractivity contribution in [2.45, 2.75) is 11.1 Å². The quantitative estimate of drug-likeness (QED) is 0.587. The van der Waals surface area contributed by atoms with Gasteiger partial charge in [0.15, 0.2) is 0 Å². The number of likely N-dealkylation sites (N-methyl/N-ethyl adjacent to an activating group) is 1. The molecule has 0 bridgehead atoms. The molecule has 0 saturated carbocycles. The van der Waals surface area contributed by atoms with Gasteiger partial charge in [0.1, 0.15) is 0 Å². The predicted molar refractivity (Wildman–Crippen MR) is 109 cm³/mol. The summed E-state index contributed by atoms with van der Waals surface area (Å²) in [7, 11) is 1.46. The summed E-state index contributed by atoms with van der Waals surface area (Å²) in [6.07, 6.45) is -4.29. The van der Waals surface area contributed by atoms with Gasteiger partial charge in [-0.15, -0.1) is 11.8 Å². The van der Waals surface area contributed by atoms with Gasteiger partial charge >= 0.3 is 6.18 Å². The van der Waals surface area contributed by atoms with Gasteiger partial charge in [-0.05, 0) is 24.3 Å². The van der Waals surface area contributed by atoms with Crippen LogP contribution in [0.4, 0.5) is 24.5 Å². The number of anilines is 2. The fourth-order valence-corrected chi connectivity index (χ4v) is 3.23. The van der Waals surface area contributed by atoms with Crippen LogP contribution in [0.3, 0.4) is 0 Å². The van der Waals surface area contributed by atoms with Crippen LogP contribution in [0.5, 0.6) is 0 Å². The fourth-order valence-electron chi connectivity index (χ4n) is 2.26. The predicted octanol–water partition coefficient (Wildman–Crippen LogP) is 4.50. The molecule has 0 spiro atoms. The third-order valence-electron chi connectivity index (χ3n) is 3.66. The van der Waals surface area contributed by atoms with E-state index >= 15 is 0 Å². The number of nitrogens with zero attached hydrogens (tertiary/aromatic N) is 1. The number of hydrogen-bond donors (Lipinski definition) is 2. The number of carbonyl (C=O) groups is 2. The van der Waals surface area contributed by atoms with Crippen LogP contribution < -0.4 is 10.6 Å². The highest BCUT2D eigenvalue weighted by Gasteiger charge is 2.27. The lowest BCUT2D eigenvalue weighted by molar-refractivity contribution is -0.131. The molecule has 2 rings (SSSR count). The first kappa shape index (κ1) is 22.9. The number of alkyl halides is 3. The molecular formula is C19H19ClF3N3O2S. The Morgan fingerprint density at radius 2 is 1.69 bits per heavy atom. The van der Waals surface area contributed by atoms with E-state index in [2.05, 4.69) is 10.6 Å². The molecule has 0 aromatic heterocycles. The van der Waals surface area contributed by atoms with Crippen LogP contribution in [0.15, 0.2) is 53.4 Å². The number of amides is 2. The molecule has 0 atom stereocenters. The van der Waals surface area contributed by atoms with Crippen molar-refractivity contribution in [3.63, 3.8) is 0 Å². The number of carbonyl (C=O) groups excluding carboxylic acids is 2. The summed E-state index contributed by atoms with van der Waals surface area (Å²) in [5, 5.41) is 5.82. The molecule has 0 aliphatic heterocycles. The molecule has 156 valence electrons. The van der Waals surface area contributed by atoms with Gasteiger partial charge in [-0.1, -0.05) is 35.9 Å². The van der Waals surface area contributed by atoms with Gasteiger partial charge in [0.2, 0.25) is 11.8 Å². The highest BCUT2D eigenvalue weighted by atomic mass is 35.5. The Labute approximate surface area is 175 Å². The lowest BCUT2D eigenvalue weighted by atomic mass is 10.3. The van der Waals surface area contributed by atoms with E-state index in [0.29, 0.717) is 33.1 Å². The van der Waals surface area contributed by atoms with Gasteiger partial charge in [-0.3, -0.25) is 9.59 Å². The van der Waals surface area contributed by atoms with Crippen LogP contribution in [0.2, 0.25) is 5.02 Å².